The van der Waals surface area contributed by atoms with Crippen LogP contribution in [0.3, 0.4) is 0 Å². The number of rotatable bonds is 5. The first-order valence-corrected chi connectivity index (χ1v) is 16.7. The van der Waals surface area contributed by atoms with Crippen LogP contribution in [-0.4, -0.2) is 19.5 Å². The summed E-state index contributed by atoms with van der Waals surface area (Å²) < 4.78 is 9.10. The highest BCUT2D eigenvalue weighted by Gasteiger charge is 2.20. The number of aromatic nitrogens is 4. The molecule has 0 saturated heterocycles. The van der Waals surface area contributed by atoms with Gasteiger partial charge in [-0.1, -0.05) is 127 Å². The number of benzene rings is 7. The Morgan fingerprint density at radius 3 is 1.62 bits per heavy atom. The van der Waals surface area contributed by atoms with Crippen LogP contribution >= 0.6 is 0 Å². The first-order chi connectivity index (χ1) is 24.8. The first-order valence-electron chi connectivity index (χ1n) is 16.7. The molecule has 3 aromatic heterocycles. The second-order valence-electron chi connectivity index (χ2n) is 12.5. The van der Waals surface area contributed by atoms with E-state index in [4.69, 9.17) is 19.4 Å². The molecule has 0 bridgehead atoms. The van der Waals surface area contributed by atoms with E-state index in [-0.39, 0.29) is 0 Å². The minimum absolute atomic E-state index is 0.592. The molecule has 0 aliphatic carbocycles. The maximum atomic E-state index is 6.79. The molecule has 7 aromatic carbocycles. The van der Waals surface area contributed by atoms with Crippen molar-refractivity contribution in [2.45, 2.75) is 0 Å². The molecular formula is C45H28N4O. The first kappa shape index (κ1) is 28.2. The van der Waals surface area contributed by atoms with Crippen molar-refractivity contribution in [3.05, 3.63) is 170 Å². The van der Waals surface area contributed by atoms with Crippen LogP contribution in [0.4, 0.5) is 0 Å². The van der Waals surface area contributed by atoms with Crippen molar-refractivity contribution in [2.75, 3.05) is 0 Å². The van der Waals surface area contributed by atoms with Crippen LogP contribution in [0.25, 0.3) is 94.7 Å². The lowest BCUT2D eigenvalue weighted by Gasteiger charge is -2.09. The summed E-state index contributed by atoms with van der Waals surface area (Å²) in [7, 11) is 0. The highest BCUT2D eigenvalue weighted by atomic mass is 16.3. The van der Waals surface area contributed by atoms with E-state index in [2.05, 4.69) is 132 Å². The Balaban J connectivity index is 1.14. The standard InChI is InChI=1S/C45H28N4O/c1-4-12-29(13-5-1)30-20-22-32(23-21-30)44-46-43(31-14-6-2-7-15-31)47-45(48-44)33-24-25-35-36-26-27-39-41(42(36)50-40(35)28-33)37-18-10-11-19-38(37)49(39)34-16-8-3-9-17-34/h1-28H. The summed E-state index contributed by atoms with van der Waals surface area (Å²) in [5.74, 6) is 1.83. The lowest BCUT2D eigenvalue weighted by atomic mass is 10.0. The molecule has 0 saturated carbocycles. The predicted molar refractivity (Wildman–Crippen MR) is 203 cm³/mol. The third kappa shape index (κ3) is 4.60. The highest BCUT2D eigenvalue weighted by molar-refractivity contribution is 6.24. The third-order valence-corrected chi connectivity index (χ3v) is 9.46. The van der Waals surface area contributed by atoms with Gasteiger partial charge in [0, 0.05) is 38.5 Å². The van der Waals surface area contributed by atoms with Crippen molar-refractivity contribution in [1.82, 2.24) is 19.5 Å². The fraction of sp³-hybridized carbons (Fsp3) is 0. The summed E-state index contributed by atoms with van der Waals surface area (Å²) in [5, 5.41) is 4.39. The molecule has 50 heavy (non-hydrogen) atoms. The van der Waals surface area contributed by atoms with Crippen LogP contribution in [0, 0.1) is 0 Å². The molecule has 5 heteroatoms. The number of furan rings is 1. The number of fused-ring (bicyclic) bond motifs is 7. The quantitative estimate of drug-likeness (QED) is 0.188. The minimum Gasteiger partial charge on any atom is -0.455 e. The SMILES string of the molecule is c1ccc(-c2ccc(-c3nc(-c4ccccc4)nc(-c4ccc5c(c4)oc4c5ccc5c4c4ccccc4n5-c4ccccc4)n3)cc2)cc1. The number of hydrogen-bond acceptors (Lipinski definition) is 4. The molecule has 0 atom stereocenters. The fourth-order valence-electron chi connectivity index (χ4n) is 7.07. The lowest BCUT2D eigenvalue weighted by molar-refractivity contribution is 0.673. The zero-order valence-corrected chi connectivity index (χ0v) is 26.9. The average Bonchev–Trinajstić information content (AvgIpc) is 3.74. The van der Waals surface area contributed by atoms with Crippen LogP contribution in [0.2, 0.25) is 0 Å². The monoisotopic (exact) mass is 640 g/mol. The molecular weight excluding hydrogens is 613 g/mol. The maximum absolute atomic E-state index is 6.79. The number of nitrogens with zero attached hydrogens (tertiary/aromatic N) is 4. The zero-order valence-electron chi connectivity index (χ0n) is 26.9. The predicted octanol–water partition coefficient (Wildman–Crippen LogP) is 11.5. The van der Waals surface area contributed by atoms with Gasteiger partial charge in [-0.2, -0.15) is 0 Å². The molecule has 10 aromatic rings. The Morgan fingerprint density at radius 1 is 0.380 bits per heavy atom. The Labute approximate surface area is 287 Å². The van der Waals surface area contributed by atoms with E-state index in [1.54, 1.807) is 0 Å². The van der Waals surface area contributed by atoms with Gasteiger partial charge in [0.05, 0.1) is 16.4 Å². The molecule has 234 valence electrons. The number of para-hydroxylation sites is 2. The Bertz CT molecular complexity index is 2840. The Morgan fingerprint density at radius 2 is 0.900 bits per heavy atom. The van der Waals surface area contributed by atoms with Crippen LogP contribution in [0.5, 0.6) is 0 Å². The molecule has 0 radical (unpaired) electrons. The lowest BCUT2D eigenvalue weighted by Crippen LogP contribution is -2.00. The van der Waals surface area contributed by atoms with Gasteiger partial charge < -0.3 is 8.98 Å². The third-order valence-electron chi connectivity index (χ3n) is 9.46. The van der Waals surface area contributed by atoms with Gasteiger partial charge in [-0.3, -0.25) is 0 Å². The molecule has 3 heterocycles. The molecule has 5 nitrogen and oxygen atoms in total. The molecule has 0 aliphatic rings. The van der Waals surface area contributed by atoms with Crippen molar-refractivity contribution in [3.63, 3.8) is 0 Å². The maximum Gasteiger partial charge on any atom is 0.164 e. The molecule has 0 aliphatic heterocycles. The van der Waals surface area contributed by atoms with Gasteiger partial charge in [0.1, 0.15) is 11.2 Å². The van der Waals surface area contributed by atoms with Gasteiger partial charge in [-0.15, -0.1) is 0 Å². The summed E-state index contributed by atoms with van der Waals surface area (Å²) in [6, 6.07) is 58.5. The fourth-order valence-corrected chi connectivity index (χ4v) is 7.07. The number of hydrogen-bond donors (Lipinski definition) is 0. The van der Waals surface area contributed by atoms with Crippen LogP contribution in [0.15, 0.2) is 174 Å². The van der Waals surface area contributed by atoms with E-state index in [1.807, 2.05) is 42.5 Å². The summed E-state index contributed by atoms with van der Waals surface area (Å²) in [6.45, 7) is 0. The minimum atomic E-state index is 0.592. The molecule has 0 unspecified atom stereocenters. The van der Waals surface area contributed by atoms with Gasteiger partial charge in [0.15, 0.2) is 17.5 Å². The summed E-state index contributed by atoms with van der Waals surface area (Å²) in [6.07, 6.45) is 0. The normalized spacial score (nSPS) is 11.6. The molecule has 10 rings (SSSR count). The van der Waals surface area contributed by atoms with Gasteiger partial charge >= 0.3 is 0 Å². The topological polar surface area (TPSA) is 56.7 Å². The molecule has 0 fully saturated rings. The van der Waals surface area contributed by atoms with Crippen LogP contribution < -0.4 is 0 Å². The van der Waals surface area contributed by atoms with Crippen molar-refractivity contribution < 1.29 is 4.42 Å². The van der Waals surface area contributed by atoms with Crippen molar-refractivity contribution in [2.24, 2.45) is 0 Å². The van der Waals surface area contributed by atoms with E-state index < -0.39 is 0 Å². The zero-order chi connectivity index (χ0) is 33.0. The van der Waals surface area contributed by atoms with Gasteiger partial charge in [0.25, 0.3) is 0 Å². The van der Waals surface area contributed by atoms with Crippen molar-refractivity contribution >= 4 is 43.7 Å². The van der Waals surface area contributed by atoms with Gasteiger partial charge in [0.2, 0.25) is 0 Å². The summed E-state index contributed by atoms with van der Waals surface area (Å²) >= 11 is 0. The smallest absolute Gasteiger partial charge is 0.164 e. The molecule has 0 spiro atoms. The van der Waals surface area contributed by atoms with E-state index in [9.17, 15) is 0 Å². The van der Waals surface area contributed by atoms with Crippen LogP contribution in [0.1, 0.15) is 0 Å². The average molecular weight is 641 g/mol. The summed E-state index contributed by atoms with van der Waals surface area (Å²) in [4.78, 5) is 15.0. The van der Waals surface area contributed by atoms with Crippen molar-refractivity contribution in [3.8, 4) is 51.0 Å². The molecule has 0 amide bonds. The van der Waals surface area contributed by atoms with Gasteiger partial charge in [-0.25, -0.2) is 15.0 Å². The van der Waals surface area contributed by atoms with Gasteiger partial charge in [-0.05, 0) is 53.6 Å². The van der Waals surface area contributed by atoms with E-state index in [0.717, 1.165) is 71.7 Å². The Kier molecular flexibility index (Phi) is 6.42. The van der Waals surface area contributed by atoms with E-state index in [0.29, 0.717) is 17.5 Å². The highest BCUT2D eigenvalue weighted by Crippen LogP contribution is 2.41. The second-order valence-corrected chi connectivity index (χ2v) is 12.5. The van der Waals surface area contributed by atoms with E-state index in [1.165, 1.54) is 5.56 Å². The summed E-state index contributed by atoms with van der Waals surface area (Å²) in [5.41, 5.74) is 10.1. The Hall–Kier alpha value is -6.85. The second kappa shape index (κ2) is 11.4. The van der Waals surface area contributed by atoms with Crippen molar-refractivity contribution in [1.29, 1.82) is 0 Å². The largest absolute Gasteiger partial charge is 0.455 e. The molecule has 0 N–H and O–H groups in total. The van der Waals surface area contributed by atoms with E-state index >= 15 is 0 Å². The van der Waals surface area contributed by atoms with Crippen LogP contribution in [-0.2, 0) is 0 Å².